The predicted molar refractivity (Wildman–Crippen MR) is 195 cm³/mol. The summed E-state index contributed by atoms with van der Waals surface area (Å²) < 4.78 is 82.7. The van der Waals surface area contributed by atoms with Crippen LogP contribution in [0.1, 0.15) is 74.6 Å². The van der Waals surface area contributed by atoms with E-state index in [9.17, 15) is 26.3 Å². The molecule has 0 N–H and O–H groups in total. The molecule has 0 atom stereocenters. The van der Waals surface area contributed by atoms with Crippen LogP contribution < -0.4 is 0 Å². The van der Waals surface area contributed by atoms with Gasteiger partial charge in [-0.2, -0.15) is 26.3 Å². The molecular formula is C42H38F6N2S. The van der Waals surface area contributed by atoms with Crippen molar-refractivity contribution < 1.29 is 26.3 Å². The van der Waals surface area contributed by atoms with Crippen molar-refractivity contribution in [3.63, 3.8) is 0 Å². The highest BCUT2D eigenvalue weighted by atomic mass is 32.1. The molecule has 4 aromatic carbocycles. The molecular weight excluding hydrogens is 679 g/mol. The lowest BCUT2D eigenvalue weighted by atomic mass is 9.67. The molecule has 51 heavy (non-hydrogen) atoms. The number of aromatic nitrogens is 2. The van der Waals surface area contributed by atoms with Gasteiger partial charge in [0.15, 0.2) is 5.41 Å². The summed E-state index contributed by atoms with van der Waals surface area (Å²) in [5.41, 5.74) is 6.10. The molecule has 0 bridgehead atoms. The molecule has 0 unspecified atom stereocenters. The summed E-state index contributed by atoms with van der Waals surface area (Å²) in [7, 11) is 0. The van der Waals surface area contributed by atoms with E-state index in [4.69, 9.17) is 9.97 Å². The topological polar surface area (TPSA) is 25.8 Å². The summed E-state index contributed by atoms with van der Waals surface area (Å²) in [5.74, 6) is -0.354. The number of thiazole rings is 1. The maximum Gasteiger partial charge on any atom is 0.403 e. The van der Waals surface area contributed by atoms with Crippen molar-refractivity contribution in [1.82, 2.24) is 9.97 Å². The van der Waals surface area contributed by atoms with Gasteiger partial charge in [-0.1, -0.05) is 81.4 Å². The summed E-state index contributed by atoms with van der Waals surface area (Å²) in [6.45, 7) is 10.6. The van der Waals surface area contributed by atoms with E-state index >= 15 is 0 Å². The van der Waals surface area contributed by atoms with Gasteiger partial charge in [0.2, 0.25) is 0 Å². The van der Waals surface area contributed by atoms with Crippen LogP contribution in [-0.2, 0) is 5.41 Å². The lowest BCUT2D eigenvalue weighted by Gasteiger charge is -2.42. The number of hydrogen-bond acceptors (Lipinski definition) is 3. The van der Waals surface area contributed by atoms with Crippen LogP contribution >= 0.6 is 11.3 Å². The van der Waals surface area contributed by atoms with Gasteiger partial charge in [-0.25, -0.2) is 4.98 Å². The molecule has 6 aromatic rings. The average molecular weight is 717 g/mol. The molecule has 1 aliphatic carbocycles. The van der Waals surface area contributed by atoms with E-state index in [1.165, 1.54) is 16.3 Å². The summed E-state index contributed by atoms with van der Waals surface area (Å²) in [6.07, 6.45) is -11.1. The number of aryl methyl sites for hydroxylation is 2. The number of fused-ring (bicyclic) bond motifs is 2. The van der Waals surface area contributed by atoms with Crippen molar-refractivity contribution in [2.75, 3.05) is 0 Å². The van der Waals surface area contributed by atoms with Crippen LogP contribution in [0.2, 0.25) is 0 Å². The van der Waals surface area contributed by atoms with Crippen molar-refractivity contribution in [1.29, 1.82) is 0 Å². The first-order valence-corrected chi connectivity index (χ1v) is 17.9. The zero-order chi connectivity index (χ0) is 36.5. The zero-order valence-corrected chi connectivity index (χ0v) is 29.9. The second-order valence-electron chi connectivity index (χ2n) is 15.0. The number of halogens is 6. The fraction of sp³-hybridized carbons (Fsp3) is 0.333. The number of rotatable bonds is 4. The lowest BCUT2D eigenvalue weighted by molar-refractivity contribution is -0.350. The molecule has 0 radical (unpaired) electrons. The number of nitrogens with zero attached hydrogens (tertiary/aromatic N) is 2. The van der Waals surface area contributed by atoms with Crippen LogP contribution in [0.3, 0.4) is 0 Å². The fourth-order valence-corrected chi connectivity index (χ4v) is 8.91. The monoisotopic (exact) mass is 716 g/mol. The average Bonchev–Trinajstić information content (AvgIpc) is 3.50. The highest BCUT2D eigenvalue weighted by Gasteiger charge is 2.70. The third-order valence-corrected chi connectivity index (χ3v) is 11.8. The molecule has 0 spiro atoms. The number of hydrogen-bond donors (Lipinski definition) is 0. The molecule has 264 valence electrons. The third-order valence-electron chi connectivity index (χ3n) is 10.7. The Kier molecular flexibility index (Phi) is 8.60. The van der Waals surface area contributed by atoms with Gasteiger partial charge < -0.3 is 0 Å². The van der Waals surface area contributed by atoms with Crippen LogP contribution in [-0.4, -0.2) is 22.3 Å². The van der Waals surface area contributed by atoms with Gasteiger partial charge in [0.1, 0.15) is 5.01 Å². The largest absolute Gasteiger partial charge is 0.403 e. The van der Waals surface area contributed by atoms with E-state index in [0.29, 0.717) is 0 Å². The predicted octanol–water partition coefficient (Wildman–Crippen LogP) is 13.5. The van der Waals surface area contributed by atoms with E-state index in [-0.39, 0.29) is 24.2 Å². The Bertz CT molecular complexity index is 2250. The van der Waals surface area contributed by atoms with Gasteiger partial charge in [-0.3, -0.25) is 4.98 Å². The van der Waals surface area contributed by atoms with Crippen LogP contribution in [0, 0.1) is 19.3 Å². The maximum absolute atomic E-state index is 13.6. The van der Waals surface area contributed by atoms with Crippen LogP contribution in [0.4, 0.5) is 26.3 Å². The number of alkyl halides is 6. The standard InChI is InChI=1S/C42H38F6N2S/c1-24-20-27(26-14-17-40(18-15-26,41(43,44)45)42(46,47)48)10-12-31(24)29-11-13-32(25(2)21-29)38-50-35-16-19-49-36(37(35)51-38)30-22-28-8-6-7-9-33(28)34(23-30)39(3,4)5/h6-13,16,19-23,26H,14-15,17-18H2,1-5H3. The van der Waals surface area contributed by atoms with Crippen molar-refractivity contribution in [3.8, 4) is 33.0 Å². The molecule has 1 aliphatic rings. The first-order chi connectivity index (χ1) is 24.0. The van der Waals surface area contributed by atoms with E-state index in [2.05, 4.69) is 69.3 Å². The van der Waals surface area contributed by atoms with Crippen molar-refractivity contribution in [2.24, 2.45) is 5.41 Å². The van der Waals surface area contributed by atoms with Crippen molar-refractivity contribution in [3.05, 3.63) is 107 Å². The quantitative estimate of drug-likeness (QED) is 0.170. The summed E-state index contributed by atoms with van der Waals surface area (Å²) in [4.78, 5) is 9.86. The van der Waals surface area contributed by atoms with E-state index in [0.717, 1.165) is 59.9 Å². The first-order valence-electron chi connectivity index (χ1n) is 17.1. The van der Waals surface area contributed by atoms with E-state index < -0.39 is 30.6 Å². The zero-order valence-electron chi connectivity index (χ0n) is 29.1. The highest BCUT2D eigenvalue weighted by Crippen LogP contribution is 2.60. The summed E-state index contributed by atoms with van der Waals surface area (Å²) >= 11 is 1.62. The molecule has 2 aromatic heterocycles. The van der Waals surface area contributed by atoms with Gasteiger partial charge in [0.05, 0.1) is 15.9 Å². The molecule has 9 heteroatoms. The SMILES string of the molecule is Cc1cc(C2CCC(C(F)(F)F)(C(F)(F)F)CC2)ccc1-c1ccc(-c2nc3ccnc(-c4cc(C(C)(C)C)c5ccccc5c4)c3s2)c(C)c1. The first kappa shape index (κ1) is 35.2. The maximum atomic E-state index is 13.6. The number of benzene rings is 4. The molecule has 2 nitrogen and oxygen atoms in total. The minimum atomic E-state index is -5.32. The van der Waals surface area contributed by atoms with E-state index in [1.807, 2.05) is 50.4 Å². The second-order valence-corrected chi connectivity index (χ2v) is 16.0. The van der Waals surface area contributed by atoms with Gasteiger partial charge >= 0.3 is 12.4 Å². The molecule has 2 heterocycles. The molecule has 0 amide bonds. The smallest absolute Gasteiger partial charge is 0.255 e. The Balaban J connectivity index is 1.17. The minimum Gasteiger partial charge on any atom is -0.255 e. The Hall–Kier alpha value is -4.24. The summed E-state index contributed by atoms with van der Waals surface area (Å²) in [6, 6.07) is 26.7. The third kappa shape index (κ3) is 6.21. The normalized spacial score (nSPS) is 15.9. The van der Waals surface area contributed by atoms with Gasteiger partial charge in [0, 0.05) is 17.3 Å². The molecule has 1 fully saturated rings. The molecule has 7 rings (SSSR count). The Labute approximate surface area is 297 Å². The highest BCUT2D eigenvalue weighted by molar-refractivity contribution is 7.22. The van der Waals surface area contributed by atoms with Crippen LogP contribution in [0.25, 0.3) is 53.9 Å². The molecule has 0 saturated heterocycles. The van der Waals surface area contributed by atoms with Crippen molar-refractivity contribution >= 4 is 32.3 Å². The Morgan fingerprint density at radius 2 is 1.39 bits per heavy atom. The van der Waals surface area contributed by atoms with Gasteiger partial charge in [0.25, 0.3) is 0 Å². The van der Waals surface area contributed by atoms with Crippen molar-refractivity contribution in [2.45, 2.75) is 84.0 Å². The van der Waals surface area contributed by atoms with Crippen LogP contribution in [0.15, 0.2) is 85.1 Å². The lowest BCUT2D eigenvalue weighted by Crippen LogP contribution is -2.51. The Morgan fingerprint density at radius 1 is 0.725 bits per heavy atom. The van der Waals surface area contributed by atoms with E-state index in [1.54, 1.807) is 11.3 Å². The Morgan fingerprint density at radius 3 is 2.04 bits per heavy atom. The second kappa shape index (κ2) is 12.5. The molecule has 0 aliphatic heterocycles. The molecule has 1 saturated carbocycles. The van der Waals surface area contributed by atoms with Gasteiger partial charge in [-0.15, -0.1) is 11.3 Å². The van der Waals surface area contributed by atoms with Crippen LogP contribution in [0.5, 0.6) is 0 Å². The number of pyridine rings is 1. The van der Waals surface area contributed by atoms with Gasteiger partial charge in [-0.05, 0) is 113 Å². The fourth-order valence-electron chi connectivity index (χ4n) is 7.75. The minimum absolute atomic E-state index is 0.0595. The summed E-state index contributed by atoms with van der Waals surface area (Å²) in [5, 5.41) is 3.29.